The van der Waals surface area contributed by atoms with Gasteiger partial charge in [-0.2, -0.15) is 4.98 Å². The highest BCUT2D eigenvalue weighted by Crippen LogP contribution is 2.24. The number of aromatic nitrogens is 2. The molecule has 7 heteroatoms. The molecule has 4 N–H and O–H groups in total. The predicted octanol–water partition coefficient (Wildman–Crippen LogP) is 3.46. The second kappa shape index (κ2) is 9.21. The van der Waals surface area contributed by atoms with Crippen molar-refractivity contribution >= 4 is 17.5 Å². The maximum absolute atomic E-state index is 6.23. The van der Waals surface area contributed by atoms with E-state index in [2.05, 4.69) is 20.6 Å². The number of nitrogens with zero attached hydrogens (tertiary/aromatic N) is 2. The van der Waals surface area contributed by atoms with Gasteiger partial charge in [0.05, 0.1) is 13.2 Å². The zero-order valence-corrected chi connectivity index (χ0v) is 16.1. The molecule has 1 saturated carbocycles. The van der Waals surface area contributed by atoms with E-state index in [-0.39, 0.29) is 18.2 Å². The lowest BCUT2D eigenvalue weighted by Crippen LogP contribution is -2.42. The molecule has 150 valence electrons. The molecular weight excluding hydrogens is 354 g/mol. The average Bonchev–Trinajstić information content (AvgIpc) is 2.71. The lowest BCUT2D eigenvalue weighted by Gasteiger charge is -2.29. The Morgan fingerprint density at radius 1 is 1.07 bits per heavy atom. The summed E-state index contributed by atoms with van der Waals surface area (Å²) in [6, 6.07) is 10.2. The van der Waals surface area contributed by atoms with Crippen molar-refractivity contribution in [3.05, 3.63) is 36.5 Å². The summed E-state index contributed by atoms with van der Waals surface area (Å²) in [5.41, 5.74) is 7.16. The molecule has 2 heterocycles. The predicted molar refractivity (Wildman–Crippen MR) is 110 cm³/mol. The van der Waals surface area contributed by atoms with Crippen molar-refractivity contribution in [1.82, 2.24) is 9.97 Å². The van der Waals surface area contributed by atoms with Crippen LogP contribution in [-0.2, 0) is 4.74 Å². The molecule has 0 bridgehead atoms. The van der Waals surface area contributed by atoms with Crippen LogP contribution in [0.15, 0.2) is 36.5 Å². The number of anilines is 3. The van der Waals surface area contributed by atoms with Crippen LogP contribution in [0.25, 0.3) is 0 Å². The number of hydrogen-bond donors (Lipinski definition) is 3. The van der Waals surface area contributed by atoms with Crippen LogP contribution in [0.4, 0.5) is 17.5 Å². The summed E-state index contributed by atoms with van der Waals surface area (Å²) in [4.78, 5) is 8.95. The van der Waals surface area contributed by atoms with E-state index in [4.69, 9.17) is 15.2 Å². The molecule has 2 atom stereocenters. The van der Waals surface area contributed by atoms with Gasteiger partial charge < -0.3 is 25.8 Å². The summed E-state index contributed by atoms with van der Waals surface area (Å²) in [5, 5.41) is 6.74. The minimum absolute atomic E-state index is 0.160. The fraction of sp³-hybridized carbons (Fsp3) is 0.524. The molecule has 1 aromatic heterocycles. The minimum Gasteiger partial charge on any atom is -0.490 e. The lowest BCUT2D eigenvalue weighted by atomic mass is 9.91. The van der Waals surface area contributed by atoms with Crippen molar-refractivity contribution in [2.45, 2.75) is 56.7 Å². The van der Waals surface area contributed by atoms with Gasteiger partial charge in [0.2, 0.25) is 5.95 Å². The molecule has 2 aromatic rings. The van der Waals surface area contributed by atoms with Crippen LogP contribution in [0.2, 0.25) is 0 Å². The van der Waals surface area contributed by atoms with E-state index in [1.807, 2.05) is 30.3 Å². The molecule has 1 aliphatic carbocycles. The maximum atomic E-state index is 6.23. The maximum Gasteiger partial charge on any atom is 0.224 e. The highest BCUT2D eigenvalue weighted by atomic mass is 16.5. The van der Waals surface area contributed by atoms with Gasteiger partial charge in [-0.3, -0.25) is 0 Å². The zero-order chi connectivity index (χ0) is 19.2. The molecule has 0 unspecified atom stereocenters. The van der Waals surface area contributed by atoms with Crippen LogP contribution >= 0.6 is 0 Å². The Labute approximate surface area is 166 Å². The summed E-state index contributed by atoms with van der Waals surface area (Å²) in [5.74, 6) is 2.21. The van der Waals surface area contributed by atoms with Crippen LogP contribution in [0.1, 0.15) is 38.5 Å². The van der Waals surface area contributed by atoms with Crippen molar-refractivity contribution in [3.63, 3.8) is 0 Å². The van der Waals surface area contributed by atoms with Gasteiger partial charge in [0.15, 0.2) is 0 Å². The molecule has 4 rings (SSSR count). The third kappa shape index (κ3) is 5.11. The molecule has 7 nitrogen and oxygen atoms in total. The molecule has 1 saturated heterocycles. The van der Waals surface area contributed by atoms with Gasteiger partial charge in [0.1, 0.15) is 17.7 Å². The fourth-order valence-corrected chi connectivity index (χ4v) is 3.78. The Balaban J connectivity index is 1.39. The fourth-order valence-electron chi connectivity index (χ4n) is 3.78. The lowest BCUT2D eigenvalue weighted by molar-refractivity contribution is 0.0256. The van der Waals surface area contributed by atoms with Crippen LogP contribution in [-0.4, -0.2) is 41.4 Å². The molecular formula is C21H29N5O2. The topological polar surface area (TPSA) is 94.3 Å². The third-order valence-corrected chi connectivity index (χ3v) is 5.37. The van der Waals surface area contributed by atoms with E-state index >= 15 is 0 Å². The average molecular weight is 383 g/mol. The van der Waals surface area contributed by atoms with E-state index < -0.39 is 0 Å². The molecule has 0 radical (unpaired) electrons. The molecule has 28 heavy (non-hydrogen) atoms. The van der Waals surface area contributed by atoms with Crippen LogP contribution < -0.4 is 21.1 Å². The summed E-state index contributed by atoms with van der Waals surface area (Å²) < 4.78 is 11.5. The van der Waals surface area contributed by atoms with E-state index in [1.165, 1.54) is 12.8 Å². The third-order valence-electron chi connectivity index (χ3n) is 5.37. The Kier molecular flexibility index (Phi) is 6.24. The summed E-state index contributed by atoms with van der Waals surface area (Å²) in [6.07, 6.45) is 8.36. The highest BCUT2D eigenvalue weighted by molar-refractivity contribution is 5.58. The van der Waals surface area contributed by atoms with Gasteiger partial charge in [0, 0.05) is 42.9 Å². The second-order valence-electron chi connectivity index (χ2n) is 7.55. The SMILES string of the molecule is N[C@H]1CCCC[C@H]1Nc1nccc(Nc2cccc(OC3CCOCC3)c2)n1. The largest absolute Gasteiger partial charge is 0.490 e. The van der Waals surface area contributed by atoms with Crippen molar-refractivity contribution in [2.24, 2.45) is 5.73 Å². The van der Waals surface area contributed by atoms with Crippen LogP contribution in [0, 0.1) is 0 Å². The molecule has 2 fully saturated rings. The standard InChI is InChI=1S/C21H29N5O2/c22-18-6-1-2-7-19(18)25-21-23-11-8-20(26-21)24-15-4-3-5-17(14-15)28-16-9-12-27-13-10-16/h3-5,8,11,14,16,18-19H,1-2,6-7,9-10,12-13,22H2,(H2,23,24,25,26)/t18-,19+/m0/s1. The molecule has 1 aliphatic heterocycles. The molecule has 1 aromatic carbocycles. The monoisotopic (exact) mass is 383 g/mol. The number of nitrogens with two attached hydrogens (primary N) is 1. The Bertz CT molecular complexity index is 766. The molecule has 2 aliphatic rings. The zero-order valence-electron chi connectivity index (χ0n) is 16.1. The Hall–Kier alpha value is -2.38. The number of hydrogen-bond acceptors (Lipinski definition) is 7. The first-order valence-corrected chi connectivity index (χ1v) is 10.2. The van der Waals surface area contributed by atoms with Crippen molar-refractivity contribution in [3.8, 4) is 5.75 Å². The summed E-state index contributed by atoms with van der Waals surface area (Å²) in [7, 11) is 0. The highest BCUT2D eigenvalue weighted by Gasteiger charge is 2.22. The number of benzene rings is 1. The molecule has 0 amide bonds. The van der Waals surface area contributed by atoms with E-state index in [9.17, 15) is 0 Å². The van der Waals surface area contributed by atoms with Crippen molar-refractivity contribution in [2.75, 3.05) is 23.8 Å². The second-order valence-corrected chi connectivity index (χ2v) is 7.55. The van der Waals surface area contributed by atoms with Gasteiger partial charge in [-0.25, -0.2) is 4.98 Å². The van der Waals surface area contributed by atoms with E-state index in [0.717, 1.165) is 56.2 Å². The van der Waals surface area contributed by atoms with Gasteiger partial charge in [-0.1, -0.05) is 18.9 Å². The Morgan fingerprint density at radius 3 is 2.79 bits per heavy atom. The number of rotatable bonds is 6. The van der Waals surface area contributed by atoms with Gasteiger partial charge in [-0.05, 0) is 31.0 Å². The van der Waals surface area contributed by atoms with E-state index in [0.29, 0.717) is 5.95 Å². The normalized spacial score (nSPS) is 23.2. The summed E-state index contributed by atoms with van der Waals surface area (Å²) >= 11 is 0. The first kappa shape index (κ1) is 19.0. The number of nitrogens with one attached hydrogen (secondary N) is 2. The smallest absolute Gasteiger partial charge is 0.224 e. The van der Waals surface area contributed by atoms with Crippen molar-refractivity contribution in [1.29, 1.82) is 0 Å². The van der Waals surface area contributed by atoms with Crippen LogP contribution in [0.3, 0.4) is 0 Å². The summed E-state index contributed by atoms with van der Waals surface area (Å²) in [6.45, 7) is 1.54. The Morgan fingerprint density at radius 2 is 1.93 bits per heavy atom. The first-order valence-electron chi connectivity index (χ1n) is 10.2. The minimum atomic E-state index is 0.160. The van der Waals surface area contributed by atoms with E-state index in [1.54, 1.807) is 6.20 Å². The van der Waals surface area contributed by atoms with Gasteiger partial charge >= 0.3 is 0 Å². The van der Waals surface area contributed by atoms with Crippen LogP contribution in [0.5, 0.6) is 5.75 Å². The quantitative estimate of drug-likeness (QED) is 0.703. The van der Waals surface area contributed by atoms with Crippen molar-refractivity contribution < 1.29 is 9.47 Å². The first-order chi connectivity index (χ1) is 13.8. The molecule has 0 spiro atoms. The van der Waals surface area contributed by atoms with Gasteiger partial charge in [0.25, 0.3) is 0 Å². The number of ether oxygens (including phenoxy) is 2. The van der Waals surface area contributed by atoms with Gasteiger partial charge in [-0.15, -0.1) is 0 Å².